The second-order valence-corrected chi connectivity index (χ2v) is 6.19. The molecule has 18 heavy (non-hydrogen) atoms. The summed E-state index contributed by atoms with van der Waals surface area (Å²) in [5.74, 6) is 0. The van der Waals surface area contributed by atoms with Gasteiger partial charge >= 0.3 is 0 Å². The van der Waals surface area contributed by atoms with Gasteiger partial charge in [0.2, 0.25) is 0 Å². The van der Waals surface area contributed by atoms with E-state index in [1.54, 1.807) is 0 Å². The molecule has 0 atom stereocenters. The number of halogens is 1. The molecule has 1 aliphatic heterocycles. The zero-order chi connectivity index (χ0) is 13.2. The molecule has 0 radical (unpaired) electrons. The van der Waals surface area contributed by atoms with E-state index in [-0.39, 0.29) is 5.54 Å². The minimum atomic E-state index is 0.227. The first-order valence-electron chi connectivity index (χ1n) is 6.75. The van der Waals surface area contributed by atoms with Crippen LogP contribution in [0.2, 0.25) is 5.02 Å². The van der Waals surface area contributed by atoms with Gasteiger partial charge in [0.25, 0.3) is 0 Å². The van der Waals surface area contributed by atoms with Crippen LogP contribution < -0.4 is 10.2 Å². The van der Waals surface area contributed by atoms with Crippen LogP contribution in [0.1, 0.15) is 32.3 Å². The molecule has 1 heterocycles. The maximum atomic E-state index is 6.22. The normalized spacial score (nSPS) is 20.3. The summed E-state index contributed by atoms with van der Waals surface area (Å²) in [5, 5.41) is 4.47. The van der Waals surface area contributed by atoms with Gasteiger partial charge in [0.15, 0.2) is 0 Å². The lowest BCUT2D eigenvalue weighted by molar-refractivity contribution is 0.346. The van der Waals surface area contributed by atoms with E-state index in [0.29, 0.717) is 0 Å². The fourth-order valence-electron chi connectivity index (χ4n) is 2.49. The van der Waals surface area contributed by atoms with Crippen LogP contribution in [0.3, 0.4) is 0 Å². The minimum Gasteiger partial charge on any atom is -0.371 e. The molecule has 1 aromatic rings. The lowest BCUT2D eigenvalue weighted by atomic mass is 9.98. The van der Waals surface area contributed by atoms with E-state index in [1.165, 1.54) is 17.7 Å². The summed E-state index contributed by atoms with van der Waals surface area (Å²) in [6, 6.07) is 6.20. The number of hydrogen-bond donors (Lipinski definition) is 1. The van der Waals surface area contributed by atoms with Crippen LogP contribution in [0.25, 0.3) is 0 Å². The van der Waals surface area contributed by atoms with E-state index in [2.05, 4.69) is 37.1 Å². The van der Waals surface area contributed by atoms with Crippen LogP contribution in [0.15, 0.2) is 18.2 Å². The van der Waals surface area contributed by atoms with E-state index in [1.807, 2.05) is 12.1 Å². The number of hydrogen-bond acceptors (Lipinski definition) is 2. The lowest BCUT2D eigenvalue weighted by Gasteiger charge is -2.35. The summed E-state index contributed by atoms with van der Waals surface area (Å²) < 4.78 is 0. The molecule has 0 saturated carbocycles. The third-order valence-corrected chi connectivity index (χ3v) is 4.20. The highest BCUT2D eigenvalue weighted by Crippen LogP contribution is 2.28. The van der Waals surface area contributed by atoms with Gasteiger partial charge in [0, 0.05) is 29.3 Å². The molecule has 0 unspecified atom stereocenters. The van der Waals surface area contributed by atoms with Crippen molar-refractivity contribution < 1.29 is 0 Å². The van der Waals surface area contributed by atoms with Gasteiger partial charge in [0.05, 0.1) is 0 Å². The zero-order valence-corrected chi connectivity index (χ0v) is 12.3. The van der Waals surface area contributed by atoms with Crippen molar-refractivity contribution >= 4 is 17.3 Å². The van der Waals surface area contributed by atoms with E-state index in [4.69, 9.17) is 11.6 Å². The second-order valence-electron chi connectivity index (χ2n) is 5.79. The Hall–Kier alpha value is -0.730. The number of benzene rings is 1. The molecule has 1 saturated heterocycles. The van der Waals surface area contributed by atoms with Crippen LogP contribution in [-0.4, -0.2) is 25.2 Å². The van der Waals surface area contributed by atoms with Crippen molar-refractivity contribution in [2.45, 2.75) is 39.2 Å². The van der Waals surface area contributed by atoms with Gasteiger partial charge in [-0.15, -0.1) is 0 Å². The van der Waals surface area contributed by atoms with Crippen molar-refractivity contribution in [2.75, 3.05) is 24.5 Å². The van der Waals surface area contributed by atoms with E-state index >= 15 is 0 Å². The first-order chi connectivity index (χ1) is 8.49. The standard InChI is InChI=1S/C15H23ClN2/c1-12-13(16)6-4-7-14(12)18-10-5-9-17-15(2,3)8-11-18/h4,6-7,17H,5,8-11H2,1-3H3. The van der Waals surface area contributed by atoms with Gasteiger partial charge in [-0.05, 0) is 57.9 Å². The van der Waals surface area contributed by atoms with Gasteiger partial charge < -0.3 is 10.2 Å². The molecule has 100 valence electrons. The summed E-state index contributed by atoms with van der Waals surface area (Å²) in [6.45, 7) is 9.94. The third-order valence-electron chi connectivity index (χ3n) is 3.79. The van der Waals surface area contributed by atoms with Gasteiger partial charge in [0.1, 0.15) is 0 Å². The Labute approximate surface area is 115 Å². The molecule has 3 heteroatoms. The largest absolute Gasteiger partial charge is 0.371 e. The fourth-order valence-corrected chi connectivity index (χ4v) is 2.66. The molecule has 0 spiro atoms. The first-order valence-corrected chi connectivity index (χ1v) is 7.12. The molecule has 1 N–H and O–H groups in total. The molecule has 0 bridgehead atoms. The fraction of sp³-hybridized carbons (Fsp3) is 0.600. The highest BCUT2D eigenvalue weighted by molar-refractivity contribution is 6.31. The molecular weight excluding hydrogens is 244 g/mol. The third kappa shape index (κ3) is 3.18. The maximum absolute atomic E-state index is 6.22. The SMILES string of the molecule is Cc1c(Cl)cccc1N1CCCNC(C)(C)CC1. The van der Waals surface area contributed by atoms with Crippen LogP contribution in [-0.2, 0) is 0 Å². The maximum Gasteiger partial charge on any atom is 0.0455 e. The Morgan fingerprint density at radius 1 is 1.28 bits per heavy atom. The predicted octanol–water partition coefficient (Wildman–Crippen LogP) is 3.62. The Morgan fingerprint density at radius 2 is 2.06 bits per heavy atom. The molecule has 1 aromatic carbocycles. The number of anilines is 1. The van der Waals surface area contributed by atoms with Gasteiger partial charge in [-0.2, -0.15) is 0 Å². The van der Waals surface area contributed by atoms with Crippen molar-refractivity contribution in [1.82, 2.24) is 5.32 Å². The van der Waals surface area contributed by atoms with Crippen molar-refractivity contribution in [3.8, 4) is 0 Å². The van der Waals surface area contributed by atoms with Crippen LogP contribution in [0, 0.1) is 6.92 Å². The van der Waals surface area contributed by atoms with E-state index in [0.717, 1.165) is 31.1 Å². The zero-order valence-electron chi connectivity index (χ0n) is 11.6. The molecular formula is C15H23ClN2. The first kappa shape index (κ1) is 13.7. The number of nitrogens with zero attached hydrogens (tertiary/aromatic N) is 1. The Bertz CT molecular complexity index is 415. The molecule has 2 rings (SSSR count). The summed E-state index contributed by atoms with van der Waals surface area (Å²) in [7, 11) is 0. The average molecular weight is 267 g/mol. The molecule has 1 aliphatic rings. The molecule has 0 aromatic heterocycles. The van der Waals surface area contributed by atoms with Crippen molar-refractivity contribution in [1.29, 1.82) is 0 Å². The van der Waals surface area contributed by atoms with E-state index < -0.39 is 0 Å². The van der Waals surface area contributed by atoms with Crippen molar-refractivity contribution in [3.05, 3.63) is 28.8 Å². The topological polar surface area (TPSA) is 15.3 Å². The van der Waals surface area contributed by atoms with Crippen molar-refractivity contribution in [3.63, 3.8) is 0 Å². The van der Waals surface area contributed by atoms with Crippen molar-refractivity contribution in [2.24, 2.45) is 0 Å². The molecule has 0 amide bonds. The van der Waals surface area contributed by atoms with Gasteiger partial charge in [-0.3, -0.25) is 0 Å². The smallest absolute Gasteiger partial charge is 0.0455 e. The lowest BCUT2D eigenvalue weighted by Crippen LogP contribution is -2.46. The molecule has 1 fully saturated rings. The second kappa shape index (κ2) is 5.50. The van der Waals surface area contributed by atoms with E-state index in [9.17, 15) is 0 Å². The Morgan fingerprint density at radius 3 is 2.83 bits per heavy atom. The number of rotatable bonds is 1. The Kier molecular flexibility index (Phi) is 4.18. The average Bonchev–Trinajstić information content (AvgIpc) is 2.30. The summed E-state index contributed by atoms with van der Waals surface area (Å²) in [6.07, 6.45) is 2.33. The van der Waals surface area contributed by atoms with Crippen LogP contribution in [0.5, 0.6) is 0 Å². The Balaban J connectivity index is 2.18. The molecule has 0 aliphatic carbocycles. The summed E-state index contributed by atoms with van der Waals surface area (Å²) >= 11 is 6.22. The summed E-state index contributed by atoms with van der Waals surface area (Å²) in [4.78, 5) is 2.48. The highest BCUT2D eigenvalue weighted by Gasteiger charge is 2.21. The predicted molar refractivity (Wildman–Crippen MR) is 79.7 cm³/mol. The quantitative estimate of drug-likeness (QED) is 0.835. The summed E-state index contributed by atoms with van der Waals surface area (Å²) in [5.41, 5.74) is 2.72. The molecule has 2 nitrogen and oxygen atoms in total. The minimum absolute atomic E-state index is 0.227. The monoisotopic (exact) mass is 266 g/mol. The number of nitrogens with one attached hydrogen (secondary N) is 1. The van der Waals surface area contributed by atoms with Gasteiger partial charge in [-0.1, -0.05) is 17.7 Å². The highest BCUT2D eigenvalue weighted by atomic mass is 35.5. The van der Waals surface area contributed by atoms with Crippen LogP contribution >= 0.6 is 11.6 Å². The van der Waals surface area contributed by atoms with Gasteiger partial charge in [-0.25, -0.2) is 0 Å². The van der Waals surface area contributed by atoms with Crippen LogP contribution in [0.4, 0.5) is 5.69 Å².